The zero-order chi connectivity index (χ0) is 13.8. The van der Waals surface area contributed by atoms with Gasteiger partial charge in [-0.25, -0.2) is 0 Å². The highest BCUT2D eigenvalue weighted by molar-refractivity contribution is 5.18. The van der Waals surface area contributed by atoms with Gasteiger partial charge >= 0.3 is 0 Å². The molecule has 2 aliphatic carbocycles. The van der Waals surface area contributed by atoms with Crippen LogP contribution in [0.2, 0.25) is 0 Å². The molecule has 0 aromatic heterocycles. The predicted molar refractivity (Wildman–Crippen MR) is 85.6 cm³/mol. The number of rotatable bonds is 7. The molecule has 1 nitrogen and oxygen atoms in total. The van der Waals surface area contributed by atoms with Gasteiger partial charge in [-0.1, -0.05) is 43.7 Å². The van der Waals surface area contributed by atoms with Crippen LogP contribution in [0.25, 0.3) is 0 Å². The molecule has 2 aliphatic rings. The molecule has 0 radical (unpaired) electrons. The van der Waals surface area contributed by atoms with Crippen molar-refractivity contribution in [2.24, 2.45) is 17.8 Å². The van der Waals surface area contributed by atoms with E-state index in [1.165, 1.54) is 44.1 Å². The third kappa shape index (κ3) is 3.25. The van der Waals surface area contributed by atoms with Gasteiger partial charge in [0.1, 0.15) is 0 Å². The number of hydrogen-bond donors (Lipinski definition) is 1. The summed E-state index contributed by atoms with van der Waals surface area (Å²) in [5.41, 5.74) is 1.48. The third-order valence-electron chi connectivity index (χ3n) is 5.55. The lowest BCUT2D eigenvalue weighted by atomic mass is 9.84. The molecule has 2 fully saturated rings. The van der Waals surface area contributed by atoms with Crippen LogP contribution in [0.4, 0.5) is 0 Å². The van der Waals surface area contributed by atoms with Crippen LogP contribution in [0.1, 0.15) is 63.5 Å². The summed E-state index contributed by atoms with van der Waals surface area (Å²) < 4.78 is 0. The van der Waals surface area contributed by atoms with Gasteiger partial charge in [-0.05, 0) is 68.4 Å². The summed E-state index contributed by atoms with van der Waals surface area (Å²) in [5, 5.41) is 3.75. The van der Waals surface area contributed by atoms with Crippen molar-refractivity contribution in [1.82, 2.24) is 5.32 Å². The first-order chi connectivity index (χ1) is 9.86. The molecule has 2 bridgehead atoms. The molecule has 1 heteroatoms. The van der Waals surface area contributed by atoms with Crippen LogP contribution < -0.4 is 5.32 Å². The summed E-state index contributed by atoms with van der Waals surface area (Å²) in [4.78, 5) is 0. The highest BCUT2D eigenvalue weighted by atomic mass is 14.9. The molecule has 1 N–H and O–H groups in total. The average Bonchev–Trinajstić information content (AvgIpc) is 3.11. The SMILES string of the molecule is CCCNC(CCC1CC2CCC1C2)c1ccccc1. The molecule has 0 heterocycles. The lowest BCUT2D eigenvalue weighted by Gasteiger charge is -2.25. The number of nitrogens with one attached hydrogen (secondary N) is 1. The van der Waals surface area contributed by atoms with E-state index in [9.17, 15) is 0 Å². The maximum atomic E-state index is 3.75. The second kappa shape index (κ2) is 6.76. The molecule has 3 rings (SSSR count). The Bertz CT molecular complexity index is 399. The molecule has 0 saturated heterocycles. The number of benzene rings is 1. The molecule has 20 heavy (non-hydrogen) atoms. The largest absolute Gasteiger partial charge is 0.310 e. The Morgan fingerprint density at radius 1 is 1.15 bits per heavy atom. The normalized spacial score (nSPS) is 29.8. The van der Waals surface area contributed by atoms with Crippen molar-refractivity contribution in [3.8, 4) is 0 Å². The van der Waals surface area contributed by atoms with Crippen LogP contribution in [-0.4, -0.2) is 6.54 Å². The van der Waals surface area contributed by atoms with Crippen LogP contribution in [-0.2, 0) is 0 Å². The minimum Gasteiger partial charge on any atom is -0.310 e. The van der Waals surface area contributed by atoms with E-state index in [1.807, 2.05) is 0 Å². The van der Waals surface area contributed by atoms with Crippen LogP contribution in [0.3, 0.4) is 0 Å². The van der Waals surface area contributed by atoms with Crippen LogP contribution in [0.5, 0.6) is 0 Å². The van der Waals surface area contributed by atoms with Gasteiger partial charge < -0.3 is 5.32 Å². The van der Waals surface area contributed by atoms with Gasteiger partial charge in [0, 0.05) is 6.04 Å². The first-order valence-electron chi connectivity index (χ1n) is 8.65. The summed E-state index contributed by atoms with van der Waals surface area (Å²) in [6.07, 6.45) is 10.1. The van der Waals surface area contributed by atoms with Crippen LogP contribution >= 0.6 is 0 Å². The van der Waals surface area contributed by atoms with Crippen LogP contribution in [0.15, 0.2) is 30.3 Å². The minimum absolute atomic E-state index is 0.565. The molecule has 1 aromatic carbocycles. The smallest absolute Gasteiger partial charge is 0.0320 e. The van der Waals surface area contributed by atoms with Gasteiger partial charge in [0.15, 0.2) is 0 Å². The molecule has 1 aromatic rings. The zero-order valence-corrected chi connectivity index (χ0v) is 12.9. The fourth-order valence-corrected chi connectivity index (χ4v) is 4.50. The fraction of sp³-hybridized carbons (Fsp3) is 0.684. The van der Waals surface area contributed by atoms with E-state index in [0.29, 0.717) is 6.04 Å². The van der Waals surface area contributed by atoms with Crippen LogP contribution in [0, 0.1) is 17.8 Å². The summed E-state index contributed by atoms with van der Waals surface area (Å²) in [7, 11) is 0. The Kier molecular flexibility index (Phi) is 4.77. The molecule has 0 spiro atoms. The summed E-state index contributed by atoms with van der Waals surface area (Å²) in [5.74, 6) is 3.19. The van der Waals surface area contributed by atoms with Gasteiger partial charge in [-0.3, -0.25) is 0 Å². The molecule has 4 atom stereocenters. The Morgan fingerprint density at radius 3 is 2.65 bits per heavy atom. The Morgan fingerprint density at radius 2 is 2.00 bits per heavy atom. The second-order valence-corrected chi connectivity index (χ2v) is 6.93. The number of fused-ring (bicyclic) bond motifs is 2. The van der Waals surface area contributed by atoms with E-state index in [4.69, 9.17) is 0 Å². The third-order valence-corrected chi connectivity index (χ3v) is 5.55. The molecular formula is C19H29N. The van der Waals surface area contributed by atoms with E-state index >= 15 is 0 Å². The summed E-state index contributed by atoms with van der Waals surface area (Å²) >= 11 is 0. The van der Waals surface area contributed by atoms with E-state index in [2.05, 4.69) is 42.6 Å². The quantitative estimate of drug-likeness (QED) is 0.740. The highest BCUT2D eigenvalue weighted by Gasteiger charge is 2.39. The molecule has 0 amide bonds. The summed E-state index contributed by atoms with van der Waals surface area (Å²) in [6.45, 7) is 3.39. The molecule has 2 saturated carbocycles. The van der Waals surface area contributed by atoms with Gasteiger partial charge in [-0.15, -0.1) is 0 Å². The van der Waals surface area contributed by atoms with Gasteiger partial charge in [0.05, 0.1) is 0 Å². The zero-order valence-electron chi connectivity index (χ0n) is 12.9. The first-order valence-corrected chi connectivity index (χ1v) is 8.65. The maximum absolute atomic E-state index is 3.75. The lowest BCUT2D eigenvalue weighted by molar-refractivity contribution is 0.293. The predicted octanol–water partition coefficient (Wildman–Crippen LogP) is 4.94. The van der Waals surface area contributed by atoms with Crippen molar-refractivity contribution in [1.29, 1.82) is 0 Å². The Balaban J connectivity index is 1.56. The second-order valence-electron chi connectivity index (χ2n) is 6.93. The van der Waals surface area contributed by atoms with Gasteiger partial charge in [-0.2, -0.15) is 0 Å². The van der Waals surface area contributed by atoms with E-state index in [-0.39, 0.29) is 0 Å². The monoisotopic (exact) mass is 271 g/mol. The Hall–Kier alpha value is -0.820. The maximum Gasteiger partial charge on any atom is 0.0320 e. The van der Waals surface area contributed by atoms with Crippen molar-refractivity contribution in [2.75, 3.05) is 6.54 Å². The summed E-state index contributed by atoms with van der Waals surface area (Å²) in [6, 6.07) is 11.6. The van der Waals surface area contributed by atoms with Gasteiger partial charge in [0.25, 0.3) is 0 Å². The Labute approximate surface area is 124 Å². The highest BCUT2D eigenvalue weighted by Crippen LogP contribution is 2.50. The molecule has 4 unspecified atom stereocenters. The average molecular weight is 271 g/mol. The minimum atomic E-state index is 0.565. The van der Waals surface area contributed by atoms with Crippen molar-refractivity contribution < 1.29 is 0 Å². The number of hydrogen-bond acceptors (Lipinski definition) is 1. The van der Waals surface area contributed by atoms with Crippen molar-refractivity contribution >= 4 is 0 Å². The van der Waals surface area contributed by atoms with E-state index in [0.717, 1.165) is 24.3 Å². The molecule has 110 valence electrons. The fourth-order valence-electron chi connectivity index (χ4n) is 4.50. The van der Waals surface area contributed by atoms with Crippen molar-refractivity contribution in [3.63, 3.8) is 0 Å². The topological polar surface area (TPSA) is 12.0 Å². The molecule has 0 aliphatic heterocycles. The standard InChI is InChI=1S/C19H29N/c1-2-12-20-19(16-6-4-3-5-7-16)11-10-18-14-15-8-9-17(18)13-15/h3-7,15,17-20H,2,8-14H2,1H3. The van der Waals surface area contributed by atoms with E-state index in [1.54, 1.807) is 6.42 Å². The lowest BCUT2D eigenvalue weighted by Crippen LogP contribution is -2.23. The van der Waals surface area contributed by atoms with Crippen molar-refractivity contribution in [2.45, 2.75) is 57.9 Å². The van der Waals surface area contributed by atoms with E-state index < -0.39 is 0 Å². The molecular weight excluding hydrogens is 242 g/mol. The van der Waals surface area contributed by atoms with Gasteiger partial charge in [0.2, 0.25) is 0 Å². The van der Waals surface area contributed by atoms with Crippen molar-refractivity contribution in [3.05, 3.63) is 35.9 Å². The first kappa shape index (κ1) is 14.1.